The highest BCUT2D eigenvalue weighted by Gasteiger charge is 2.12. The summed E-state index contributed by atoms with van der Waals surface area (Å²) in [4.78, 5) is 10.7. The van der Waals surface area contributed by atoms with E-state index in [1.165, 1.54) is 18.2 Å². The molecule has 0 aliphatic heterocycles. The Morgan fingerprint density at radius 2 is 2.25 bits per heavy atom. The number of benzene rings is 1. The molecule has 0 spiro atoms. The second-order valence-corrected chi connectivity index (χ2v) is 2.25. The van der Waals surface area contributed by atoms with E-state index in [0.717, 1.165) is 0 Å². The number of hydrogen-bond donors (Lipinski definition) is 2. The average molecular weight is 188 g/mol. The molecule has 1 aromatic carbocycles. The minimum atomic E-state index is -0.707. The minimum absolute atomic E-state index is 0.0463. The van der Waals surface area contributed by atoms with Gasteiger partial charge in [0.2, 0.25) is 5.75 Å². The molecule has 0 aromatic heterocycles. The number of halogens is 1. The first-order valence-electron chi connectivity index (χ1n) is 3.07. The number of phenols is 1. The maximum Gasteiger partial charge on any atom is 0.252 e. The van der Waals surface area contributed by atoms with Gasteiger partial charge in [-0.1, -0.05) is 6.07 Å². The Labute approximate surface area is 73.7 Å². The van der Waals surface area contributed by atoms with Crippen LogP contribution in [0.15, 0.2) is 18.2 Å². The standard InChI is InChI=1S/C7H6ClNO3/c8-12-6-4(7(9)11)2-1-3-5(6)10/h1-3,10H,(H2,9,11). The fourth-order valence-electron chi connectivity index (χ4n) is 0.800. The number of carbonyl (C=O) groups is 1. The monoisotopic (exact) mass is 187 g/mol. The summed E-state index contributed by atoms with van der Waals surface area (Å²) in [6.07, 6.45) is 0. The number of primary amides is 1. The molecule has 5 heteroatoms. The van der Waals surface area contributed by atoms with Crippen molar-refractivity contribution >= 4 is 17.8 Å². The molecule has 0 radical (unpaired) electrons. The highest BCUT2D eigenvalue weighted by atomic mass is 35.5. The van der Waals surface area contributed by atoms with E-state index < -0.39 is 5.91 Å². The third-order valence-electron chi connectivity index (χ3n) is 1.34. The third-order valence-corrected chi connectivity index (χ3v) is 1.49. The number of aromatic hydroxyl groups is 1. The quantitative estimate of drug-likeness (QED) is 0.726. The van der Waals surface area contributed by atoms with Crippen molar-refractivity contribution in [2.75, 3.05) is 0 Å². The predicted molar refractivity (Wildman–Crippen MR) is 43.1 cm³/mol. The van der Waals surface area contributed by atoms with E-state index in [9.17, 15) is 4.79 Å². The first kappa shape index (κ1) is 8.67. The molecular formula is C7H6ClNO3. The molecule has 3 N–H and O–H groups in total. The molecule has 0 saturated carbocycles. The van der Waals surface area contributed by atoms with Crippen molar-refractivity contribution < 1.29 is 14.2 Å². The molecule has 0 aliphatic rings. The van der Waals surface area contributed by atoms with Gasteiger partial charge >= 0.3 is 0 Å². The molecule has 64 valence electrons. The normalized spacial score (nSPS) is 9.42. The van der Waals surface area contributed by atoms with E-state index in [-0.39, 0.29) is 17.1 Å². The van der Waals surface area contributed by atoms with Crippen LogP contribution in [0, 0.1) is 0 Å². The predicted octanol–water partition coefficient (Wildman–Crippen LogP) is 1.02. The second-order valence-electron chi connectivity index (χ2n) is 2.10. The fourth-order valence-corrected chi connectivity index (χ4v) is 0.962. The summed E-state index contributed by atoms with van der Waals surface area (Å²) >= 11 is 5.01. The van der Waals surface area contributed by atoms with Gasteiger partial charge in [0.15, 0.2) is 5.75 Å². The Kier molecular flexibility index (Phi) is 2.40. The lowest BCUT2D eigenvalue weighted by atomic mass is 10.2. The first-order valence-corrected chi connectivity index (χ1v) is 3.38. The molecule has 1 rings (SSSR count). The molecule has 0 saturated heterocycles. The van der Waals surface area contributed by atoms with Gasteiger partial charge in [-0.2, -0.15) is 0 Å². The van der Waals surface area contributed by atoms with Crippen molar-refractivity contribution in [3.8, 4) is 11.5 Å². The zero-order valence-corrected chi connectivity index (χ0v) is 6.71. The van der Waals surface area contributed by atoms with Crippen molar-refractivity contribution in [2.24, 2.45) is 5.73 Å². The summed E-state index contributed by atoms with van der Waals surface area (Å²) in [5, 5.41) is 9.12. The average Bonchev–Trinajstić information content (AvgIpc) is 2.03. The Bertz CT molecular complexity index is 314. The van der Waals surface area contributed by atoms with Crippen molar-refractivity contribution in [2.45, 2.75) is 0 Å². The van der Waals surface area contributed by atoms with E-state index in [2.05, 4.69) is 4.29 Å². The van der Waals surface area contributed by atoms with Gasteiger partial charge in [-0.3, -0.25) is 4.79 Å². The van der Waals surface area contributed by atoms with Crippen molar-refractivity contribution in [1.29, 1.82) is 0 Å². The Hall–Kier alpha value is -1.42. The lowest BCUT2D eigenvalue weighted by Gasteiger charge is -2.03. The van der Waals surface area contributed by atoms with Gasteiger partial charge in [0.25, 0.3) is 5.91 Å². The topological polar surface area (TPSA) is 72.6 Å². The van der Waals surface area contributed by atoms with E-state index >= 15 is 0 Å². The Balaban J connectivity index is 3.27. The second kappa shape index (κ2) is 3.32. The van der Waals surface area contributed by atoms with E-state index in [4.69, 9.17) is 22.7 Å². The summed E-state index contributed by atoms with van der Waals surface area (Å²) in [6, 6.07) is 4.21. The summed E-state index contributed by atoms with van der Waals surface area (Å²) < 4.78 is 4.26. The molecule has 0 fully saturated rings. The highest BCUT2D eigenvalue weighted by Crippen LogP contribution is 2.30. The van der Waals surface area contributed by atoms with Crippen LogP contribution in [0.25, 0.3) is 0 Å². The molecule has 4 nitrogen and oxygen atoms in total. The van der Waals surface area contributed by atoms with Crippen LogP contribution in [0.2, 0.25) is 0 Å². The van der Waals surface area contributed by atoms with Crippen LogP contribution in [-0.4, -0.2) is 11.0 Å². The lowest BCUT2D eigenvalue weighted by molar-refractivity contribution is 0.0998. The van der Waals surface area contributed by atoms with Crippen LogP contribution in [0.4, 0.5) is 0 Å². The van der Waals surface area contributed by atoms with Crippen LogP contribution >= 0.6 is 11.9 Å². The molecule has 0 atom stereocenters. The number of phenolic OH excluding ortho intramolecular Hbond substituents is 1. The van der Waals surface area contributed by atoms with Gasteiger partial charge in [-0.05, 0) is 12.1 Å². The van der Waals surface area contributed by atoms with E-state index in [1.807, 2.05) is 0 Å². The summed E-state index contributed by atoms with van der Waals surface area (Å²) in [5.41, 5.74) is 5.02. The zero-order valence-electron chi connectivity index (χ0n) is 5.95. The van der Waals surface area contributed by atoms with Gasteiger partial charge in [0.05, 0.1) is 5.56 Å². The van der Waals surface area contributed by atoms with Crippen LogP contribution < -0.4 is 10.0 Å². The Morgan fingerprint density at radius 1 is 1.58 bits per heavy atom. The maximum absolute atomic E-state index is 10.7. The van der Waals surface area contributed by atoms with Gasteiger partial charge in [-0.25, -0.2) is 0 Å². The van der Waals surface area contributed by atoms with Crippen LogP contribution in [-0.2, 0) is 0 Å². The fraction of sp³-hybridized carbons (Fsp3) is 0. The van der Waals surface area contributed by atoms with Gasteiger partial charge in [0.1, 0.15) is 11.9 Å². The summed E-state index contributed by atoms with van der Waals surface area (Å²) in [7, 11) is 0. The number of hydrogen-bond acceptors (Lipinski definition) is 3. The maximum atomic E-state index is 10.7. The van der Waals surface area contributed by atoms with E-state index in [0.29, 0.717) is 0 Å². The van der Waals surface area contributed by atoms with Crippen LogP contribution in [0.1, 0.15) is 10.4 Å². The number of nitrogens with two attached hydrogens (primary N) is 1. The minimum Gasteiger partial charge on any atom is -0.504 e. The third kappa shape index (κ3) is 1.43. The number of amides is 1. The number of para-hydroxylation sites is 1. The van der Waals surface area contributed by atoms with Gasteiger partial charge in [0, 0.05) is 0 Å². The zero-order chi connectivity index (χ0) is 9.14. The van der Waals surface area contributed by atoms with Crippen LogP contribution in [0.5, 0.6) is 11.5 Å². The van der Waals surface area contributed by atoms with Crippen LogP contribution in [0.3, 0.4) is 0 Å². The molecule has 1 amide bonds. The molecule has 0 unspecified atom stereocenters. The number of rotatable bonds is 2. The highest BCUT2D eigenvalue weighted by molar-refractivity contribution is 6.10. The Morgan fingerprint density at radius 3 is 2.67 bits per heavy atom. The molecule has 1 aromatic rings. The SMILES string of the molecule is NC(=O)c1cccc(O)c1OCl. The molecular weight excluding hydrogens is 182 g/mol. The van der Waals surface area contributed by atoms with Crippen molar-refractivity contribution in [3.05, 3.63) is 23.8 Å². The van der Waals surface area contributed by atoms with E-state index in [1.54, 1.807) is 0 Å². The molecule has 0 heterocycles. The van der Waals surface area contributed by atoms with Crippen molar-refractivity contribution in [3.63, 3.8) is 0 Å². The summed E-state index contributed by atoms with van der Waals surface area (Å²) in [5.74, 6) is -1.05. The largest absolute Gasteiger partial charge is 0.504 e. The lowest BCUT2D eigenvalue weighted by Crippen LogP contribution is -2.11. The van der Waals surface area contributed by atoms with Gasteiger partial charge < -0.3 is 15.1 Å². The first-order chi connectivity index (χ1) is 5.66. The van der Waals surface area contributed by atoms with Crippen molar-refractivity contribution in [1.82, 2.24) is 0 Å². The van der Waals surface area contributed by atoms with Gasteiger partial charge in [-0.15, -0.1) is 0 Å². The molecule has 12 heavy (non-hydrogen) atoms. The smallest absolute Gasteiger partial charge is 0.252 e. The molecule has 0 bridgehead atoms. The summed E-state index contributed by atoms with van der Waals surface area (Å²) in [6.45, 7) is 0. The number of carbonyl (C=O) groups excluding carboxylic acids is 1. The molecule has 0 aliphatic carbocycles.